The fourth-order valence-electron chi connectivity index (χ4n) is 4.91. The monoisotopic (exact) mass is 537 g/mol. The molecule has 4 N–H and O–H groups in total. The minimum Gasteiger partial charge on any atom is -0.461 e. The highest BCUT2D eigenvalue weighted by molar-refractivity contribution is 5.77. The van der Waals surface area contributed by atoms with Crippen molar-refractivity contribution in [2.24, 2.45) is 0 Å². The standard InChI is InChI=1S/C24H35N5O9/c1-13(18(28(3)4)22(32)37-14-7-9-34-10-8-14)36-23(33)35-11-16-19(30)20(31)24(2,38-16)17-6-5-15-21(25)26-12-27-29(15)17/h5-6,12-14,16,18-20,30-31H,7-11H2,1-4H3,(H2,25,26,27)/t13-,16-,18+,19-,20-,24+/m1/s1. The van der Waals surface area contributed by atoms with E-state index < -0.39 is 54.8 Å². The molecular formula is C24H35N5O9. The molecule has 0 unspecified atom stereocenters. The number of carbonyl (C=O) groups excluding carboxylic acids is 2. The van der Waals surface area contributed by atoms with Crippen molar-refractivity contribution < 1.29 is 43.5 Å². The lowest BCUT2D eigenvalue weighted by atomic mass is 9.93. The van der Waals surface area contributed by atoms with Crippen molar-refractivity contribution in [3.05, 3.63) is 24.2 Å². The molecule has 2 aliphatic heterocycles. The fraction of sp³-hybridized carbons (Fsp3) is 0.667. The largest absolute Gasteiger partial charge is 0.508 e. The Labute approximate surface area is 219 Å². The number of fused-ring (bicyclic) bond motifs is 1. The summed E-state index contributed by atoms with van der Waals surface area (Å²) in [5.74, 6) is -0.271. The molecule has 0 radical (unpaired) electrons. The van der Waals surface area contributed by atoms with Gasteiger partial charge in [-0.1, -0.05) is 0 Å². The highest BCUT2D eigenvalue weighted by atomic mass is 16.7. The van der Waals surface area contributed by atoms with E-state index in [1.54, 1.807) is 45.0 Å². The van der Waals surface area contributed by atoms with Gasteiger partial charge < -0.3 is 39.6 Å². The smallest absolute Gasteiger partial charge is 0.461 e. The van der Waals surface area contributed by atoms with Crippen molar-refractivity contribution in [3.63, 3.8) is 0 Å². The Morgan fingerprint density at radius 3 is 2.68 bits per heavy atom. The van der Waals surface area contributed by atoms with E-state index in [1.165, 1.54) is 10.8 Å². The Morgan fingerprint density at radius 2 is 2.00 bits per heavy atom. The number of anilines is 1. The highest BCUT2D eigenvalue weighted by Gasteiger charge is 2.54. The second-order valence-electron chi connectivity index (χ2n) is 9.90. The van der Waals surface area contributed by atoms with Crippen LogP contribution in [0.2, 0.25) is 0 Å². The van der Waals surface area contributed by atoms with Crippen molar-refractivity contribution in [1.29, 1.82) is 0 Å². The van der Waals surface area contributed by atoms with Crippen LogP contribution in [0.3, 0.4) is 0 Å². The van der Waals surface area contributed by atoms with Crippen LogP contribution in [-0.2, 0) is 34.1 Å². The van der Waals surface area contributed by atoms with Crippen LogP contribution in [0, 0.1) is 0 Å². The number of rotatable bonds is 8. The summed E-state index contributed by atoms with van der Waals surface area (Å²) >= 11 is 0. The van der Waals surface area contributed by atoms with Crippen molar-refractivity contribution >= 4 is 23.5 Å². The number of nitrogen functional groups attached to an aromatic ring is 1. The van der Waals surface area contributed by atoms with Gasteiger partial charge in [0, 0.05) is 12.8 Å². The SMILES string of the molecule is C[C@@H](OC(=O)OC[C@H]1O[C@@](C)(c2ccc3c(N)ncnn23)[C@H](O)[C@@H]1O)[C@@H](C(=O)OC1CCOCC1)N(C)C. The summed E-state index contributed by atoms with van der Waals surface area (Å²) < 4.78 is 28.9. The van der Waals surface area contributed by atoms with Crippen LogP contribution in [0.5, 0.6) is 0 Å². The maximum atomic E-state index is 12.8. The molecule has 0 spiro atoms. The molecule has 2 saturated heterocycles. The Morgan fingerprint density at radius 1 is 1.29 bits per heavy atom. The van der Waals surface area contributed by atoms with Gasteiger partial charge in [-0.3, -0.25) is 9.69 Å². The third kappa shape index (κ3) is 5.54. The Bertz CT molecular complexity index is 1140. The van der Waals surface area contributed by atoms with E-state index >= 15 is 0 Å². The molecule has 4 heterocycles. The molecule has 38 heavy (non-hydrogen) atoms. The molecule has 0 saturated carbocycles. The van der Waals surface area contributed by atoms with Gasteiger partial charge in [0.15, 0.2) is 5.82 Å². The second-order valence-corrected chi connectivity index (χ2v) is 9.90. The third-order valence-electron chi connectivity index (χ3n) is 7.00. The van der Waals surface area contributed by atoms with Crippen LogP contribution < -0.4 is 5.73 Å². The molecule has 14 heteroatoms. The fourth-order valence-corrected chi connectivity index (χ4v) is 4.91. The van der Waals surface area contributed by atoms with Gasteiger partial charge in [-0.25, -0.2) is 14.3 Å². The molecule has 2 aromatic rings. The topological polar surface area (TPSA) is 180 Å². The number of nitrogens with two attached hydrogens (primary N) is 1. The lowest BCUT2D eigenvalue weighted by Crippen LogP contribution is -2.48. The van der Waals surface area contributed by atoms with E-state index in [-0.39, 0.29) is 11.9 Å². The number of nitrogens with zero attached hydrogens (tertiary/aromatic N) is 4. The Hall–Kier alpha value is -3.04. The van der Waals surface area contributed by atoms with E-state index in [0.717, 1.165) is 0 Å². The van der Waals surface area contributed by atoms with E-state index in [4.69, 9.17) is 29.4 Å². The molecule has 6 atom stereocenters. The van der Waals surface area contributed by atoms with Gasteiger partial charge in [0.05, 0.1) is 18.9 Å². The van der Waals surface area contributed by atoms with Gasteiger partial charge in [-0.05, 0) is 40.1 Å². The molecule has 2 fully saturated rings. The number of hydrogen-bond acceptors (Lipinski definition) is 13. The van der Waals surface area contributed by atoms with Crippen molar-refractivity contribution in [2.75, 3.05) is 39.6 Å². The van der Waals surface area contributed by atoms with Crippen molar-refractivity contribution in [2.45, 2.75) is 68.9 Å². The lowest BCUT2D eigenvalue weighted by Gasteiger charge is -2.30. The molecule has 4 rings (SSSR count). The summed E-state index contributed by atoms with van der Waals surface area (Å²) in [6.45, 7) is 3.79. The van der Waals surface area contributed by atoms with E-state index in [1.807, 2.05) is 0 Å². The highest BCUT2D eigenvalue weighted by Crippen LogP contribution is 2.40. The van der Waals surface area contributed by atoms with Crippen LogP contribution in [0.4, 0.5) is 10.6 Å². The van der Waals surface area contributed by atoms with Crippen molar-refractivity contribution in [1.82, 2.24) is 19.5 Å². The van der Waals surface area contributed by atoms with Crippen molar-refractivity contribution in [3.8, 4) is 0 Å². The normalized spacial score (nSPS) is 27.8. The van der Waals surface area contributed by atoms with Gasteiger partial charge in [-0.15, -0.1) is 0 Å². The number of ether oxygens (including phenoxy) is 5. The average molecular weight is 538 g/mol. The average Bonchev–Trinajstić information content (AvgIpc) is 3.40. The second kappa shape index (κ2) is 11.4. The molecule has 14 nitrogen and oxygen atoms in total. The van der Waals surface area contributed by atoms with E-state index in [2.05, 4.69) is 10.1 Å². The van der Waals surface area contributed by atoms with Crippen LogP contribution in [-0.4, -0.2) is 112 Å². The first kappa shape index (κ1) is 28.0. The zero-order valence-electron chi connectivity index (χ0n) is 21.9. The zero-order valence-corrected chi connectivity index (χ0v) is 21.9. The predicted octanol–water partition coefficient (Wildman–Crippen LogP) is -0.159. The molecule has 2 aliphatic rings. The first-order valence-electron chi connectivity index (χ1n) is 12.4. The lowest BCUT2D eigenvalue weighted by molar-refractivity contribution is -0.163. The summed E-state index contributed by atoms with van der Waals surface area (Å²) in [4.78, 5) is 30.8. The van der Waals surface area contributed by atoms with Gasteiger partial charge in [0.25, 0.3) is 0 Å². The summed E-state index contributed by atoms with van der Waals surface area (Å²) in [7, 11) is 3.35. The number of aliphatic hydroxyl groups excluding tert-OH is 2. The third-order valence-corrected chi connectivity index (χ3v) is 7.00. The number of aromatic nitrogens is 3. The molecule has 0 aromatic carbocycles. The van der Waals surface area contributed by atoms with Gasteiger partial charge in [0.1, 0.15) is 60.6 Å². The maximum absolute atomic E-state index is 12.8. The maximum Gasteiger partial charge on any atom is 0.508 e. The minimum atomic E-state index is -1.39. The molecule has 0 aliphatic carbocycles. The minimum absolute atomic E-state index is 0.243. The number of aliphatic hydroxyl groups is 2. The van der Waals surface area contributed by atoms with Gasteiger partial charge >= 0.3 is 12.1 Å². The molecular weight excluding hydrogens is 502 g/mol. The van der Waals surface area contributed by atoms with Crippen LogP contribution in [0.1, 0.15) is 32.4 Å². The summed E-state index contributed by atoms with van der Waals surface area (Å²) in [5, 5.41) is 25.6. The van der Waals surface area contributed by atoms with E-state index in [0.29, 0.717) is 37.3 Å². The first-order valence-corrected chi connectivity index (χ1v) is 12.4. The molecule has 2 aromatic heterocycles. The number of esters is 1. The van der Waals surface area contributed by atoms with Gasteiger partial charge in [0.2, 0.25) is 0 Å². The summed E-state index contributed by atoms with van der Waals surface area (Å²) in [6.07, 6.45) is -3.52. The number of likely N-dealkylation sites (N-methyl/N-ethyl adjacent to an activating group) is 1. The van der Waals surface area contributed by atoms with E-state index in [9.17, 15) is 19.8 Å². The predicted molar refractivity (Wildman–Crippen MR) is 131 cm³/mol. The summed E-state index contributed by atoms with van der Waals surface area (Å²) in [5.41, 5.74) is 5.45. The molecule has 210 valence electrons. The zero-order chi connectivity index (χ0) is 27.6. The quantitative estimate of drug-likeness (QED) is 0.378. The molecule has 0 bridgehead atoms. The number of hydrogen-bond donors (Lipinski definition) is 3. The van der Waals surface area contributed by atoms with Crippen LogP contribution >= 0.6 is 0 Å². The van der Waals surface area contributed by atoms with Gasteiger partial charge in [-0.2, -0.15) is 5.10 Å². The summed E-state index contributed by atoms with van der Waals surface area (Å²) in [6, 6.07) is 2.48. The molecule has 0 amide bonds. The van der Waals surface area contributed by atoms with Crippen LogP contribution in [0.15, 0.2) is 18.5 Å². The first-order chi connectivity index (χ1) is 18.0. The number of carbonyl (C=O) groups is 2. The Balaban J connectivity index is 1.35. The Kier molecular flexibility index (Phi) is 8.37. The van der Waals surface area contributed by atoms with Crippen LogP contribution in [0.25, 0.3) is 5.52 Å².